The summed E-state index contributed by atoms with van der Waals surface area (Å²) in [5.74, 6) is -1.05. The third kappa shape index (κ3) is 6.25. The second-order valence-electron chi connectivity index (χ2n) is 3.33. The van der Waals surface area contributed by atoms with Gasteiger partial charge in [-0.2, -0.15) is 0 Å². The number of rotatable bonds is 8. The SMILES string of the molecule is C=C(CC(=O)OC)C(=O)OC/C(OC=O)=C(\C)OC. The lowest BCUT2D eigenvalue weighted by atomic mass is 10.2. The number of ether oxygens (including phenoxy) is 4. The van der Waals surface area contributed by atoms with Crippen LogP contribution in [0.5, 0.6) is 0 Å². The van der Waals surface area contributed by atoms with Crippen molar-refractivity contribution in [3.63, 3.8) is 0 Å². The molecule has 0 aromatic carbocycles. The summed E-state index contributed by atoms with van der Waals surface area (Å²) in [4.78, 5) is 32.7. The normalized spacial score (nSPS) is 10.9. The van der Waals surface area contributed by atoms with Crippen molar-refractivity contribution in [3.05, 3.63) is 23.7 Å². The van der Waals surface area contributed by atoms with E-state index in [1.165, 1.54) is 21.1 Å². The molecule has 0 radical (unpaired) electrons. The fraction of sp³-hybridized carbons (Fsp3) is 0.417. The average molecular weight is 272 g/mol. The van der Waals surface area contributed by atoms with Crippen LogP contribution in [0.25, 0.3) is 0 Å². The van der Waals surface area contributed by atoms with Crippen LogP contribution in [0.15, 0.2) is 23.7 Å². The second-order valence-corrected chi connectivity index (χ2v) is 3.33. The zero-order valence-electron chi connectivity index (χ0n) is 11.1. The first-order valence-corrected chi connectivity index (χ1v) is 5.22. The number of hydrogen-bond donors (Lipinski definition) is 0. The van der Waals surface area contributed by atoms with Gasteiger partial charge in [0.25, 0.3) is 6.47 Å². The van der Waals surface area contributed by atoms with Crippen LogP contribution in [-0.2, 0) is 33.3 Å². The second kappa shape index (κ2) is 8.73. The first-order valence-electron chi connectivity index (χ1n) is 5.22. The van der Waals surface area contributed by atoms with E-state index in [4.69, 9.17) is 9.47 Å². The maximum absolute atomic E-state index is 11.5. The maximum atomic E-state index is 11.5. The Labute approximate surface area is 110 Å². The first-order chi connectivity index (χ1) is 8.96. The maximum Gasteiger partial charge on any atom is 0.334 e. The van der Waals surface area contributed by atoms with Gasteiger partial charge in [0, 0.05) is 5.57 Å². The third-order valence-electron chi connectivity index (χ3n) is 2.10. The molecule has 0 aliphatic carbocycles. The molecular weight excluding hydrogens is 256 g/mol. The Hall–Kier alpha value is -2.31. The Morgan fingerprint density at radius 1 is 1.21 bits per heavy atom. The summed E-state index contributed by atoms with van der Waals surface area (Å²) in [5, 5.41) is 0. The van der Waals surface area contributed by atoms with Crippen LogP contribution in [-0.4, -0.2) is 39.2 Å². The molecule has 106 valence electrons. The molecule has 0 aromatic rings. The lowest BCUT2D eigenvalue weighted by Crippen LogP contribution is -2.15. The van der Waals surface area contributed by atoms with Crippen LogP contribution < -0.4 is 0 Å². The number of carbonyl (C=O) groups is 3. The van der Waals surface area contributed by atoms with Crippen molar-refractivity contribution in [1.29, 1.82) is 0 Å². The van der Waals surface area contributed by atoms with Crippen molar-refractivity contribution in [2.45, 2.75) is 13.3 Å². The molecule has 0 aliphatic heterocycles. The van der Waals surface area contributed by atoms with Gasteiger partial charge in [-0.15, -0.1) is 0 Å². The Kier molecular flexibility index (Phi) is 7.67. The summed E-state index contributed by atoms with van der Waals surface area (Å²) in [7, 11) is 2.57. The molecule has 0 spiro atoms. The first kappa shape index (κ1) is 16.7. The van der Waals surface area contributed by atoms with Crippen molar-refractivity contribution in [2.75, 3.05) is 20.8 Å². The van der Waals surface area contributed by atoms with Gasteiger partial charge in [0.1, 0.15) is 5.76 Å². The molecule has 0 N–H and O–H groups in total. The molecule has 0 fully saturated rings. The summed E-state index contributed by atoms with van der Waals surface area (Å²) in [6, 6.07) is 0. The molecule has 0 saturated heterocycles. The van der Waals surface area contributed by atoms with Crippen molar-refractivity contribution >= 4 is 18.4 Å². The monoisotopic (exact) mass is 272 g/mol. The third-order valence-corrected chi connectivity index (χ3v) is 2.10. The van der Waals surface area contributed by atoms with E-state index in [1.807, 2.05) is 0 Å². The molecule has 0 aliphatic rings. The van der Waals surface area contributed by atoms with Gasteiger partial charge < -0.3 is 18.9 Å². The molecule has 0 amide bonds. The largest absolute Gasteiger partial charge is 0.498 e. The van der Waals surface area contributed by atoms with Crippen molar-refractivity contribution in [1.82, 2.24) is 0 Å². The Morgan fingerprint density at radius 2 is 1.84 bits per heavy atom. The minimum atomic E-state index is -0.790. The van der Waals surface area contributed by atoms with Crippen LogP contribution in [0.2, 0.25) is 0 Å². The Bertz CT molecular complexity index is 395. The molecule has 0 unspecified atom stereocenters. The zero-order valence-corrected chi connectivity index (χ0v) is 11.1. The number of methoxy groups -OCH3 is 2. The molecule has 0 bridgehead atoms. The molecule has 7 nitrogen and oxygen atoms in total. The van der Waals surface area contributed by atoms with E-state index in [9.17, 15) is 14.4 Å². The quantitative estimate of drug-likeness (QED) is 0.211. The summed E-state index contributed by atoms with van der Waals surface area (Å²) in [5.41, 5.74) is -0.0626. The Morgan fingerprint density at radius 3 is 2.32 bits per heavy atom. The zero-order chi connectivity index (χ0) is 14.8. The predicted octanol–water partition coefficient (Wildman–Crippen LogP) is 0.700. The predicted molar refractivity (Wildman–Crippen MR) is 63.6 cm³/mol. The molecule has 19 heavy (non-hydrogen) atoms. The van der Waals surface area contributed by atoms with Gasteiger partial charge in [0.2, 0.25) is 0 Å². The number of hydrogen-bond acceptors (Lipinski definition) is 7. The fourth-order valence-electron chi connectivity index (χ4n) is 0.942. The van der Waals surface area contributed by atoms with Crippen LogP contribution in [0, 0.1) is 0 Å². The highest BCUT2D eigenvalue weighted by atomic mass is 16.6. The van der Waals surface area contributed by atoms with E-state index in [0.29, 0.717) is 5.76 Å². The van der Waals surface area contributed by atoms with E-state index < -0.39 is 11.9 Å². The summed E-state index contributed by atoms with van der Waals surface area (Å²) < 4.78 is 18.7. The molecule has 0 heterocycles. The van der Waals surface area contributed by atoms with Crippen LogP contribution in [0.1, 0.15) is 13.3 Å². The molecule has 0 atom stereocenters. The van der Waals surface area contributed by atoms with E-state index >= 15 is 0 Å². The smallest absolute Gasteiger partial charge is 0.334 e. The van der Waals surface area contributed by atoms with Gasteiger partial charge in [0.15, 0.2) is 12.4 Å². The van der Waals surface area contributed by atoms with Crippen molar-refractivity contribution < 1.29 is 33.3 Å². The molecule has 7 heteroatoms. The van der Waals surface area contributed by atoms with Gasteiger partial charge in [0.05, 0.1) is 20.6 Å². The van der Waals surface area contributed by atoms with Crippen LogP contribution in [0.4, 0.5) is 0 Å². The highest BCUT2D eigenvalue weighted by Crippen LogP contribution is 2.09. The molecular formula is C12H16O7. The number of allylic oxidation sites excluding steroid dienone is 1. The lowest BCUT2D eigenvalue weighted by molar-refractivity contribution is -0.144. The number of esters is 2. The van der Waals surface area contributed by atoms with Gasteiger partial charge in [-0.05, 0) is 6.92 Å². The standard InChI is InChI=1S/C12H16O7/c1-8(5-11(14)17-4)12(15)18-6-10(19-7-13)9(2)16-3/h7H,1,5-6H2,2-4H3/b10-9-. The van der Waals surface area contributed by atoms with Gasteiger partial charge >= 0.3 is 11.9 Å². The highest BCUT2D eigenvalue weighted by Gasteiger charge is 2.15. The summed E-state index contributed by atoms with van der Waals surface area (Å²) in [6.45, 7) is 4.82. The Balaban J connectivity index is 4.45. The van der Waals surface area contributed by atoms with E-state index in [-0.39, 0.29) is 30.8 Å². The number of carbonyl (C=O) groups excluding carboxylic acids is 3. The van der Waals surface area contributed by atoms with E-state index in [2.05, 4.69) is 16.1 Å². The van der Waals surface area contributed by atoms with Gasteiger partial charge in [-0.25, -0.2) is 4.79 Å². The average Bonchev–Trinajstić information content (AvgIpc) is 2.41. The summed E-state index contributed by atoms with van der Waals surface area (Å²) >= 11 is 0. The minimum absolute atomic E-state index is 0.0525. The van der Waals surface area contributed by atoms with Crippen LogP contribution in [0.3, 0.4) is 0 Å². The fourth-order valence-corrected chi connectivity index (χ4v) is 0.942. The summed E-state index contributed by atoms with van der Waals surface area (Å²) in [6.07, 6.45) is -0.272. The molecule has 0 rings (SSSR count). The molecule has 0 aromatic heterocycles. The van der Waals surface area contributed by atoms with Crippen molar-refractivity contribution in [2.24, 2.45) is 0 Å². The van der Waals surface area contributed by atoms with Crippen molar-refractivity contribution in [3.8, 4) is 0 Å². The van der Waals surface area contributed by atoms with Gasteiger partial charge in [-0.1, -0.05) is 6.58 Å². The lowest BCUT2D eigenvalue weighted by Gasteiger charge is -2.10. The topological polar surface area (TPSA) is 88.1 Å². The highest BCUT2D eigenvalue weighted by molar-refractivity contribution is 5.93. The van der Waals surface area contributed by atoms with Crippen LogP contribution >= 0.6 is 0 Å². The van der Waals surface area contributed by atoms with E-state index in [1.54, 1.807) is 0 Å². The van der Waals surface area contributed by atoms with Gasteiger partial charge in [-0.3, -0.25) is 9.59 Å². The molecule has 0 saturated carbocycles. The van der Waals surface area contributed by atoms with E-state index in [0.717, 1.165) is 0 Å². The minimum Gasteiger partial charge on any atom is -0.498 e.